The number of ketones is 1. The summed E-state index contributed by atoms with van der Waals surface area (Å²) in [5, 5.41) is 17.1. The SMILES string of the molecule is N[C@@H](CC(=O)O)C(=O)C1CCN1C(=O)O. The zero-order valence-corrected chi connectivity index (χ0v) is 7.92. The van der Waals surface area contributed by atoms with Crippen LogP contribution in [0.3, 0.4) is 0 Å². The molecule has 7 heteroatoms. The van der Waals surface area contributed by atoms with Crippen molar-refractivity contribution in [1.29, 1.82) is 0 Å². The lowest BCUT2D eigenvalue weighted by Crippen LogP contribution is -2.58. The number of carboxylic acid groups (broad SMARTS) is 2. The Labute approximate surface area is 85.5 Å². The average Bonchev–Trinajstić information content (AvgIpc) is 1.99. The molecule has 0 aromatic rings. The molecule has 1 unspecified atom stereocenters. The van der Waals surface area contributed by atoms with Crippen molar-refractivity contribution in [1.82, 2.24) is 4.90 Å². The lowest BCUT2D eigenvalue weighted by Gasteiger charge is -2.38. The van der Waals surface area contributed by atoms with E-state index in [2.05, 4.69) is 0 Å². The number of hydrogen-bond acceptors (Lipinski definition) is 4. The highest BCUT2D eigenvalue weighted by atomic mass is 16.4. The number of carbonyl (C=O) groups excluding carboxylic acids is 1. The molecule has 0 radical (unpaired) electrons. The third kappa shape index (κ3) is 2.44. The van der Waals surface area contributed by atoms with Crippen LogP contribution in [0.5, 0.6) is 0 Å². The molecule has 15 heavy (non-hydrogen) atoms. The Kier molecular flexibility index (Phi) is 3.25. The van der Waals surface area contributed by atoms with E-state index >= 15 is 0 Å². The molecule has 1 fully saturated rings. The van der Waals surface area contributed by atoms with Crippen molar-refractivity contribution in [2.75, 3.05) is 6.54 Å². The summed E-state index contributed by atoms with van der Waals surface area (Å²) in [6, 6.07) is -1.90. The zero-order chi connectivity index (χ0) is 11.6. The van der Waals surface area contributed by atoms with Crippen LogP contribution in [0.25, 0.3) is 0 Å². The molecule has 0 bridgehead atoms. The Hall–Kier alpha value is -1.63. The Bertz CT molecular complexity index is 303. The molecule has 1 rings (SSSR count). The normalized spacial score (nSPS) is 21.7. The van der Waals surface area contributed by atoms with Crippen molar-refractivity contribution in [2.24, 2.45) is 5.73 Å². The van der Waals surface area contributed by atoms with Gasteiger partial charge in [0.15, 0.2) is 5.78 Å². The molecule has 7 nitrogen and oxygen atoms in total. The summed E-state index contributed by atoms with van der Waals surface area (Å²) >= 11 is 0. The van der Waals surface area contributed by atoms with Crippen molar-refractivity contribution in [3.8, 4) is 0 Å². The van der Waals surface area contributed by atoms with Gasteiger partial charge in [-0.2, -0.15) is 0 Å². The van der Waals surface area contributed by atoms with Crippen molar-refractivity contribution in [2.45, 2.75) is 24.9 Å². The highest BCUT2D eigenvalue weighted by Crippen LogP contribution is 2.19. The Balaban J connectivity index is 2.53. The first-order chi connectivity index (χ1) is 6.93. The molecule has 2 atom stereocenters. The number of likely N-dealkylation sites (tertiary alicyclic amines) is 1. The molecule has 4 N–H and O–H groups in total. The van der Waals surface area contributed by atoms with Gasteiger partial charge in [-0.25, -0.2) is 4.79 Å². The number of aliphatic carboxylic acids is 1. The van der Waals surface area contributed by atoms with Crippen molar-refractivity contribution in [3.63, 3.8) is 0 Å². The van der Waals surface area contributed by atoms with Gasteiger partial charge in [-0.15, -0.1) is 0 Å². The number of Topliss-reactive ketones (excluding diaryl/α,β-unsaturated/α-hetero) is 1. The van der Waals surface area contributed by atoms with Gasteiger partial charge in [-0.1, -0.05) is 0 Å². The first-order valence-corrected chi connectivity index (χ1v) is 4.44. The monoisotopic (exact) mass is 216 g/mol. The van der Waals surface area contributed by atoms with Gasteiger partial charge in [0.05, 0.1) is 18.5 Å². The van der Waals surface area contributed by atoms with Gasteiger partial charge in [-0.05, 0) is 6.42 Å². The minimum absolute atomic E-state index is 0.297. The van der Waals surface area contributed by atoms with Crippen LogP contribution in [-0.2, 0) is 9.59 Å². The second-order valence-electron chi connectivity index (χ2n) is 3.39. The summed E-state index contributed by atoms with van der Waals surface area (Å²) in [6.45, 7) is 0.297. The molecule has 1 amide bonds. The number of amides is 1. The predicted octanol–water partition coefficient (Wildman–Crippen LogP) is -0.890. The number of hydrogen-bond donors (Lipinski definition) is 3. The van der Waals surface area contributed by atoms with E-state index in [9.17, 15) is 14.4 Å². The maximum atomic E-state index is 11.5. The van der Waals surface area contributed by atoms with E-state index in [1.54, 1.807) is 0 Å². The minimum atomic E-state index is -1.18. The molecule has 1 aliphatic rings. The summed E-state index contributed by atoms with van der Waals surface area (Å²) in [5.41, 5.74) is 5.34. The molecule has 84 valence electrons. The van der Waals surface area contributed by atoms with Gasteiger partial charge in [-0.3, -0.25) is 14.5 Å². The number of nitrogens with zero attached hydrogens (tertiary/aromatic N) is 1. The van der Waals surface area contributed by atoms with Crippen LogP contribution in [0, 0.1) is 0 Å². The third-order valence-corrected chi connectivity index (χ3v) is 2.35. The second-order valence-corrected chi connectivity index (χ2v) is 3.39. The van der Waals surface area contributed by atoms with Crippen LogP contribution < -0.4 is 5.73 Å². The topological polar surface area (TPSA) is 121 Å². The zero-order valence-electron chi connectivity index (χ0n) is 7.92. The Morgan fingerprint density at radius 1 is 1.40 bits per heavy atom. The fourth-order valence-corrected chi connectivity index (χ4v) is 1.45. The first-order valence-electron chi connectivity index (χ1n) is 4.44. The molecule has 0 aliphatic carbocycles. The fourth-order valence-electron chi connectivity index (χ4n) is 1.45. The van der Waals surface area contributed by atoms with E-state index in [-0.39, 0.29) is 0 Å². The number of carboxylic acids is 1. The molecule has 0 aromatic carbocycles. The van der Waals surface area contributed by atoms with E-state index < -0.39 is 36.4 Å². The van der Waals surface area contributed by atoms with Crippen LogP contribution in [0.15, 0.2) is 0 Å². The minimum Gasteiger partial charge on any atom is -0.481 e. The first kappa shape index (κ1) is 11.4. The number of carbonyl (C=O) groups is 3. The van der Waals surface area contributed by atoms with Crippen LogP contribution in [-0.4, -0.2) is 51.6 Å². The molecule has 0 spiro atoms. The average molecular weight is 216 g/mol. The largest absolute Gasteiger partial charge is 0.481 e. The maximum absolute atomic E-state index is 11.5. The molecule has 0 saturated carbocycles. The van der Waals surface area contributed by atoms with E-state index in [0.29, 0.717) is 13.0 Å². The van der Waals surface area contributed by atoms with Crippen LogP contribution in [0.4, 0.5) is 4.79 Å². The summed E-state index contributed by atoms with van der Waals surface area (Å²) in [7, 11) is 0. The van der Waals surface area contributed by atoms with Gasteiger partial charge in [0.2, 0.25) is 0 Å². The summed E-state index contributed by atoms with van der Waals surface area (Å²) in [5.74, 6) is -1.69. The lowest BCUT2D eigenvalue weighted by atomic mass is 9.93. The lowest BCUT2D eigenvalue weighted by molar-refractivity contribution is -0.140. The van der Waals surface area contributed by atoms with E-state index in [1.807, 2.05) is 0 Å². The predicted molar refractivity (Wildman–Crippen MR) is 48.4 cm³/mol. The van der Waals surface area contributed by atoms with Crippen molar-refractivity contribution in [3.05, 3.63) is 0 Å². The Morgan fingerprint density at radius 3 is 2.33 bits per heavy atom. The highest BCUT2D eigenvalue weighted by Gasteiger charge is 2.39. The highest BCUT2D eigenvalue weighted by molar-refractivity contribution is 5.94. The quantitative estimate of drug-likeness (QED) is 0.560. The van der Waals surface area contributed by atoms with Gasteiger partial charge < -0.3 is 15.9 Å². The molecular weight excluding hydrogens is 204 g/mol. The van der Waals surface area contributed by atoms with Crippen LogP contribution in [0.1, 0.15) is 12.8 Å². The smallest absolute Gasteiger partial charge is 0.407 e. The standard InChI is InChI=1S/C8H12N2O5/c9-4(3-6(11)12)7(13)5-1-2-10(5)8(14)15/h4-5H,1-3,9H2,(H,11,12)(H,14,15)/t4-,5?/m0/s1. The second kappa shape index (κ2) is 4.26. The fraction of sp³-hybridized carbons (Fsp3) is 0.625. The maximum Gasteiger partial charge on any atom is 0.407 e. The summed E-state index contributed by atoms with van der Waals surface area (Å²) < 4.78 is 0. The third-order valence-electron chi connectivity index (χ3n) is 2.35. The number of rotatable bonds is 4. The van der Waals surface area contributed by atoms with Crippen LogP contribution in [0.2, 0.25) is 0 Å². The molecule has 0 aromatic heterocycles. The van der Waals surface area contributed by atoms with Gasteiger partial charge in [0, 0.05) is 6.54 Å². The van der Waals surface area contributed by atoms with E-state index in [1.165, 1.54) is 0 Å². The van der Waals surface area contributed by atoms with Crippen LogP contribution >= 0.6 is 0 Å². The van der Waals surface area contributed by atoms with Crippen molar-refractivity contribution >= 4 is 17.8 Å². The van der Waals surface area contributed by atoms with E-state index in [4.69, 9.17) is 15.9 Å². The number of nitrogens with two attached hydrogens (primary N) is 1. The Morgan fingerprint density at radius 2 is 2.00 bits per heavy atom. The van der Waals surface area contributed by atoms with Gasteiger partial charge in [0.1, 0.15) is 0 Å². The summed E-state index contributed by atoms with van der Waals surface area (Å²) in [4.78, 5) is 33.3. The van der Waals surface area contributed by atoms with Gasteiger partial charge in [0.25, 0.3) is 0 Å². The molecule has 1 saturated heterocycles. The van der Waals surface area contributed by atoms with Gasteiger partial charge >= 0.3 is 12.1 Å². The molecule has 1 aliphatic heterocycles. The molecular formula is C8H12N2O5. The van der Waals surface area contributed by atoms with Crippen molar-refractivity contribution < 1.29 is 24.6 Å². The van der Waals surface area contributed by atoms with E-state index in [0.717, 1.165) is 4.90 Å². The summed E-state index contributed by atoms with van der Waals surface area (Å²) in [6.07, 6.45) is -1.23. The molecule has 1 heterocycles.